The molecule has 0 bridgehead atoms. The van der Waals surface area contributed by atoms with Crippen molar-refractivity contribution in [3.63, 3.8) is 0 Å². The number of pyridine rings is 10. The predicted octanol–water partition coefficient (Wildman–Crippen LogP) is 19.2. The van der Waals surface area contributed by atoms with Crippen molar-refractivity contribution >= 4 is 105 Å². The van der Waals surface area contributed by atoms with E-state index in [0.717, 1.165) is 166 Å². The fourth-order valence-corrected chi connectivity index (χ4v) is 13.9. The first-order chi connectivity index (χ1) is 67.5. The molecule has 4 N–H and O–H groups in total. The fraction of sp³-hybridized carbons (Fsp3) is 0.121. The highest BCUT2D eigenvalue weighted by Gasteiger charge is 2.12. The van der Waals surface area contributed by atoms with Gasteiger partial charge in [0.25, 0.3) is 0 Å². The van der Waals surface area contributed by atoms with E-state index in [4.69, 9.17) is 14.2 Å². The van der Waals surface area contributed by atoms with E-state index < -0.39 is 0 Å². The zero-order valence-corrected chi connectivity index (χ0v) is 74.4. The topological polar surface area (TPSA) is 359 Å². The maximum absolute atomic E-state index is 5.42. The van der Waals surface area contributed by atoms with Crippen molar-refractivity contribution < 1.29 is 14.2 Å². The summed E-state index contributed by atoms with van der Waals surface area (Å²) < 4.78 is 15.9. The molecule has 6 aromatic carbocycles. The Morgan fingerprint density at radius 3 is 1.21 bits per heavy atom. The Morgan fingerprint density at radius 2 is 0.603 bits per heavy atom. The second-order valence-corrected chi connectivity index (χ2v) is 29.9. The summed E-state index contributed by atoms with van der Waals surface area (Å²) in [6, 6.07) is 78.6. The van der Waals surface area contributed by atoms with E-state index in [9.17, 15) is 0 Å². The minimum Gasteiger partial charge on any atom is -0.493 e. The Hall–Kier alpha value is -17.7. The van der Waals surface area contributed by atoms with Gasteiger partial charge in [-0.3, -0.25) is 54.8 Å². The molecule has 672 valence electrons. The van der Waals surface area contributed by atoms with E-state index in [1.165, 1.54) is 94.2 Å². The number of fused-ring (bicyclic) bond motifs is 14. The highest BCUT2D eigenvalue weighted by atomic mass is 16.5. The number of nitrogens with zero attached hydrogens (tertiary/aromatic N) is 22. The van der Waals surface area contributed by atoms with Crippen molar-refractivity contribution in [2.24, 2.45) is 0 Å². The first-order valence-corrected chi connectivity index (χ1v) is 44.1. The van der Waals surface area contributed by atoms with Gasteiger partial charge in [-0.2, -0.15) is 0 Å². The maximum atomic E-state index is 5.42. The van der Waals surface area contributed by atoms with Crippen LogP contribution >= 0.6 is 0 Å². The quantitative estimate of drug-likeness (QED) is 0.110. The number of anilines is 3. The number of aromatic nitrogens is 22. The first-order valence-electron chi connectivity index (χ1n) is 44.1. The zero-order valence-electron chi connectivity index (χ0n) is 74.4. The van der Waals surface area contributed by atoms with Crippen LogP contribution in [0.1, 0.15) is 45.4 Å². The Kier molecular flexibility index (Phi) is 35.7. The fourth-order valence-electron chi connectivity index (χ4n) is 13.9. The lowest BCUT2D eigenvalue weighted by molar-refractivity contribution is 0.134. The van der Waals surface area contributed by atoms with Gasteiger partial charge in [0.2, 0.25) is 0 Å². The molecular formula is C107H96N26O3. The van der Waals surface area contributed by atoms with Gasteiger partial charge in [0, 0.05) is 190 Å². The highest BCUT2D eigenvalue weighted by molar-refractivity contribution is 5.79. The second kappa shape index (κ2) is 52.2. The molecule has 16 aromatic heterocycles. The van der Waals surface area contributed by atoms with Crippen LogP contribution in [0.5, 0.6) is 11.5 Å². The molecule has 0 saturated carbocycles. The normalized spacial score (nSPS) is 12.1. The van der Waals surface area contributed by atoms with E-state index in [2.05, 4.69) is 222 Å². The lowest BCUT2D eigenvalue weighted by atomic mass is 10.1. The van der Waals surface area contributed by atoms with E-state index >= 15 is 0 Å². The minimum atomic E-state index is 0.699. The number of nitrogens with one attached hydrogen (secondary N) is 4. The SMILES string of the molecule is c1cc2cncnc2cn1.c1cc2nccnc2cn1.c1cc2ncncc2cn1.c1ccc2c(c1)CCCO2.c1ccc2c(c1)CCN2.c1ccc2c(c1)CCO2.c1ccc2c(c1)CNC2.c1ccc2c(c1)COC2.c1ccc2c(c1)NCCN2.c1cnc2ccncc2c1.c1cnc2cnccc2c1.c1cnc2cncnc2c1.c1cnc2nccnc2c1.c1cnc2ncncc2c1. The summed E-state index contributed by atoms with van der Waals surface area (Å²) >= 11 is 0. The Morgan fingerprint density at radius 1 is 0.213 bits per heavy atom. The van der Waals surface area contributed by atoms with Gasteiger partial charge in [-0.05, 0) is 173 Å². The molecular weight excluding hydrogens is 1700 g/mol. The molecule has 0 unspecified atom stereocenters. The number of benzene rings is 6. The summed E-state index contributed by atoms with van der Waals surface area (Å²) in [5.41, 5.74) is 23.0. The number of aryl methyl sites for hydroxylation is 1. The predicted molar refractivity (Wildman–Crippen MR) is 533 cm³/mol. The summed E-state index contributed by atoms with van der Waals surface area (Å²) in [6.07, 6.45) is 50.3. The number of hydrogen-bond donors (Lipinski definition) is 4. The lowest BCUT2D eigenvalue weighted by Crippen LogP contribution is -2.19. The number of ether oxygens (including phenoxy) is 3. The van der Waals surface area contributed by atoms with Gasteiger partial charge in [-0.15, -0.1) is 0 Å². The third-order valence-corrected chi connectivity index (χ3v) is 20.7. The van der Waals surface area contributed by atoms with Crippen LogP contribution in [0.15, 0.2) is 404 Å². The van der Waals surface area contributed by atoms with Crippen molar-refractivity contribution in [3.05, 3.63) is 443 Å². The van der Waals surface area contributed by atoms with E-state index in [1.807, 2.05) is 152 Å². The molecule has 0 aliphatic carbocycles. The second-order valence-electron chi connectivity index (χ2n) is 29.9. The molecule has 22 heterocycles. The van der Waals surface area contributed by atoms with Gasteiger partial charge in [0.05, 0.1) is 95.7 Å². The van der Waals surface area contributed by atoms with E-state index in [0.29, 0.717) is 5.65 Å². The average molecular weight is 1790 g/mol. The molecule has 6 aliphatic heterocycles. The monoisotopic (exact) mass is 1790 g/mol. The molecule has 29 nitrogen and oxygen atoms in total. The van der Waals surface area contributed by atoms with Crippen LogP contribution in [0.25, 0.3) is 87.9 Å². The summed E-state index contributed by atoms with van der Waals surface area (Å²) in [7, 11) is 0. The standard InChI is InChI=1S/C9H10O.2C8H6N2.C8H10N2.2C8H9N.2C8H8O.6C7H5N3/c1-2-6-9-8(4-1)5-3-7-10-9;1-2-7-6-9-5-3-8(7)10-4-1;1-2-7-3-5-9-6-8(7)10-4-1;1-2-4-8-7(3-1)9-5-6-10-8;1-2-4-8-6-9-5-7(8)3-1;1-2-4-8-7(3-1)5-6-9-8;1-2-4-8-6-9-5-7(8)3-1;1-2-4-8-7(3-1)5-6-9-8;1-2-8-3-6-4-9-5-10-7(1)6;1-2-8-4-7-6(1)3-9-5-10-7;1-2-8-5-7-6(1)9-3-4-10-7;1-2-6-7(9-3-1)4-8-5-10-6;1-2-6-4-8-5-10-7(6)9-3-1;1-2-6-7(9-3-1)10-5-4-8-6/h1-2,4,6H,3,5,7H2;2*1-6H;1-4,9-10H,5-6H2;2*1-4,9H,5-6H2;2*1-4H,5-6H2;6*1-5H. The molecule has 0 atom stereocenters. The molecule has 0 radical (unpaired) electrons. The molecule has 136 heavy (non-hydrogen) atoms. The van der Waals surface area contributed by atoms with Gasteiger partial charge >= 0.3 is 0 Å². The third-order valence-electron chi connectivity index (χ3n) is 20.7. The van der Waals surface area contributed by atoms with Crippen molar-refractivity contribution in [3.8, 4) is 11.5 Å². The average Bonchev–Trinajstić information content (AvgIpc) is 1.68. The van der Waals surface area contributed by atoms with Crippen molar-refractivity contribution in [2.75, 3.05) is 48.8 Å². The van der Waals surface area contributed by atoms with Gasteiger partial charge in [-0.1, -0.05) is 121 Å². The Bertz CT molecular complexity index is 5640. The highest BCUT2D eigenvalue weighted by Crippen LogP contribution is 2.27. The Balaban J connectivity index is 0.000000111. The summed E-state index contributed by atoms with van der Waals surface area (Å²) in [5, 5.41) is 18.4. The lowest BCUT2D eigenvalue weighted by Gasteiger charge is -2.18. The molecule has 0 saturated heterocycles. The minimum absolute atomic E-state index is 0.699. The van der Waals surface area contributed by atoms with Crippen molar-refractivity contribution in [2.45, 2.75) is 52.0 Å². The van der Waals surface area contributed by atoms with Crippen LogP contribution in [-0.2, 0) is 50.3 Å². The first kappa shape index (κ1) is 93.0. The maximum Gasteiger partial charge on any atom is 0.178 e. The molecule has 6 aliphatic rings. The number of para-hydroxylation sites is 5. The van der Waals surface area contributed by atoms with Crippen LogP contribution in [0.2, 0.25) is 0 Å². The number of rotatable bonds is 0. The molecule has 0 fully saturated rings. The van der Waals surface area contributed by atoms with Crippen LogP contribution in [0.4, 0.5) is 17.1 Å². The molecule has 0 amide bonds. The van der Waals surface area contributed by atoms with Gasteiger partial charge in [0.1, 0.15) is 53.4 Å². The van der Waals surface area contributed by atoms with Gasteiger partial charge in [0.15, 0.2) is 11.3 Å². The van der Waals surface area contributed by atoms with Crippen LogP contribution in [0, 0.1) is 0 Å². The van der Waals surface area contributed by atoms with Crippen LogP contribution in [-0.4, -0.2) is 142 Å². The number of hydrogen-bond acceptors (Lipinski definition) is 29. The molecule has 22 aromatic rings. The van der Waals surface area contributed by atoms with E-state index in [-0.39, 0.29) is 0 Å². The largest absolute Gasteiger partial charge is 0.493 e. The summed E-state index contributed by atoms with van der Waals surface area (Å²) in [4.78, 5) is 87.7. The zero-order chi connectivity index (χ0) is 92.5. The van der Waals surface area contributed by atoms with Gasteiger partial charge in [-0.25, -0.2) is 54.8 Å². The molecule has 29 heteroatoms. The smallest absolute Gasteiger partial charge is 0.178 e. The summed E-state index contributed by atoms with van der Waals surface area (Å²) in [6.45, 7) is 8.61. The van der Waals surface area contributed by atoms with Crippen molar-refractivity contribution in [1.82, 2.24) is 115 Å². The Labute approximate surface area is 785 Å². The summed E-state index contributed by atoms with van der Waals surface area (Å²) in [5.74, 6) is 2.14. The van der Waals surface area contributed by atoms with Crippen molar-refractivity contribution in [1.29, 1.82) is 0 Å². The third kappa shape index (κ3) is 29.2. The van der Waals surface area contributed by atoms with Crippen LogP contribution < -0.4 is 30.7 Å². The molecule has 0 spiro atoms. The van der Waals surface area contributed by atoms with Crippen LogP contribution in [0.3, 0.4) is 0 Å². The molecule has 28 rings (SSSR count). The van der Waals surface area contributed by atoms with Gasteiger partial charge < -0.3 is 35.5 Å². The van der Waals surface area contributed by atoms with E-state index in [1.54, 1.807) is 136 Å².